The Morgan fingerprint density at radius 3 is 2.66 bits per heavy atom. The quantitative estimate of drug-likeness (QED) is 0.577. The lowest BCUT2D eigenvalue weighted by Crippen LogP contribution is -2.22. The molecule has 0 aliphatic carbocycles. The summed E-state index contributed by atoms with van der Waals surface area (Å²) >= 11 is 0. The third kappa shape index (κ3) is 5.66. The Kier molecular flexibility index (Phi) is 7.17. The Morgan fingerprint density at radius 2 is 1.97 bits per heavy atom. The number of pyridine rings is 2. The van der Waals surface area contributed by atoms with Crippen molar-refractivity contribution in [1.29, 1.82) is 0 Å². The Bertz CT molecular complexity index is 1090. The third-order valence-corrected chi connectivity index (χ3v) is 5.53. The summed E-state index contributed by atoms with van der Waals surface area (Å²) in [7, 11) is 1.81. The lowest BCUT2D eigenvalue weighted by atomic mass is 10.00. The molecule has 1 aromatic carbocycles. The number of anilines is 2. The van der Waals surface area contributed by atoms with Crippen LogP contribution in [-0.4, -0.2) is 42.7 Å². The molecule has 1 aliphatic heterocycles. The minimum absolute atomic E-state index is 0.250. The fraction of sp³-hybridized carbons (Fsp3) is 0.348. The van der Waals surface area contributed by atoms with Crippen molar-refractivity contribution < 1.29 is 18.0 Å². The van der Waals surface area contributed by atoms with E-state index in [1.165, 1.54) is 0 Å². The van der Waals surface area contributed by atoms with Crippen LogP contribution in [0.1, 0.15) is 18.4 Å². The molecule has 0 spiro atoms. The monoisotopic (exact) mass is 445 g/mol. The number of aromatic nitrogens is 2. The number of hydrogen-bond acceptors (Lipinski definition) is 5. The van der Waals surface area contributed by atoms with Gasteiger partial charge in [-0.25, -0.2) is 4.98 Å². The van der Waals surface area contributed by atoms with Gasteiger partial charge in [0.1, 0.15) is 5.82 Å². The number of amides is 1. The lowest BCUT2D eigenvalue weighted by molar-refractivity contribution is -0.142. The first-order chi connectivity index (χ1) is 15.2. The van der Waals surface area contributed by atoms with Gasteiger partial charge in [-0.15, -0.1) is 0 Å². The average Bonchev–Trinajstić information content (AvgIpc) is 3.20. The standard InChI is InChI=1S/C22H23F3N4.CH3NO/c1-14-3-4-18(29-6-5-15(13-29)10-22(23,24)25)8-19(14)16-7-17-12-28-21(26-2)9-20(17)27-11-16;2-1-3/h3-4,7-9,11-12,15H,5-6,10,13H2,1-2H3,(H,26,28);1H,(H2,2,3). The highest BCUT2D eigenvalue weighted by Gasteiger charge is 2.35. The lowest BCUT2D eigenvalue weighted by Gasteiger charge is -2.21. The highest BCUT2D eigenvalue weighted by molar-refractivity contribution is 5.85. The van der Waals surface area contributed by atoms with Crippen molar-refractivity contribution in [3.05, 3.63) is 48.3 Å². The van der Waals surface area contributed by atoms with E-state index in [1.54, 1.807) is 6.20 Å². The second kappa shape index (κ2) is 9.84. The van der Waals surface area contributed by atoms with Gasteiger partial charge in [-0.05, 0) is 48.6 Å². The number of fused-ring (bicyclic) bond motifs is 1. The average molecular weight is 445 g/mol. The summed E-state index contributed by atoms with van der Waals surface area (Å²) in [5.74, 6) is 0.424. The van der Waals surface area contributed by atoms with Crippen molar-refractivity contribution in [3.8, 4) is 11.1 Å². The molecule has 1 atom stereocenters. The second-order valence-electron chi connectivity index (χ2n) is 7.79. The topological polar surface area (TPSA) is 84.1 Å². The summed E-state index contributed by atoms with van der Waals surface area (Å²) in [6.07, 6.45) is -0.363. The molecule has 1 fully saturated rings. The molecule has 2 aromatic heterocycles. The van der Waals surface area contributed by atoms with E-state index in [9.17, 15) is 13.2 Å². The number of carbonyl (C=O) groups is 1. The number of halogens is 3. The van der Waals surface area contributed by atoms with Gasteiger partial charge in [-0.3, -0.25) is 9.78 Å². The fourth-order valence-electron chi connectivity index (χ4n) is 3.99. The fourth-order valence-corrected chi connectivity index (χ4v) is 3.99. The van der Waals surface area contributed by atoms with Crippen molar-refractivity contribution in [2.45, 2.75) is 25.9 Å². The molecule has 0 saturated carbocycles. The number of primary amides is 1. The van der Waals surface area contributed by atoms with Crippen LogP contribution in [0.3, 0.4) is 0 Å². The Balaban J connectivity index is 0.000000913. The van der Waals surface area contributed by atoms with Crippen LogP contribution in [0, 0.1) is 12.8 Å². The van der Waals surface area contributed by atoms with Gasteiger partial charge >= 0.3 is 6.18 Å². The summed E-state index contributed by atoms with van der Waals surface area (Å²) in [4.78, 5) is 19.6. The number of aryl methyl sites for hydroxylation is 1. The van der Waals surface area contributed by atoms with E-state index in [4.69, 9.17) is 4.79 Å². The number of nitrogens with two attached hydrogens (primary N) is 1. The van der Waals surface area contributed by atoms with Crippen molar-refractivity contribution in [3.63, 3.8) is 0 Å². The van der Waals surface area contributed by atoms with Gasteiger partial charge in [0, 0.05) is 61.7 Å². The largest absolute Gasteiger partial charge is 0.389 e. The van der Waals surface area contributed by atoms with Gasteiger partial charge in [0.2, 0.25) is 6.41 Å². The summed E-state index contributed by atoms with van der Waals surface area (Å²) in [5, 5.41) is 3.95. The van der Waals surface area contributed by atoms with Crippen LogP contribution < -0.4 is 16.0 Å². The maximum absolute atomic E-state index is 12.7. The van der Waals surface area contributed by atoms with Gasteiger partial charge in [-0.1, -0.05) is 6.07 Å². The molecule has 6 nitrogen and oxygen atoms in total. The Morgan fingerprint density at radius 1 is 1.22 bits per heavy atom. The Labute approximate surface area is 184 Å². The molecule has 32 heavy (non-hydrogen) atoms. The van der Waals surface area contributed by atoms with Gasteiger partial charge in [0.05, 0.1) is 5.52 Å². The third-order valence-electron chi connectivity index (χ3n) is 5.53. The predicted molar refractivity (Wildman–Crippen MR) is 121 cm³/mol. The number of hydrogen-bond donors (Lipinski definition) is 2. The van der Waals surface area contributed by atoms with E-state index >= 15 is 0 Å². The number of carbonyl (C=O) groups excluding carboxylic acids is 1. The number of rotatable bonds is 4. The van der Waals surface area contributed by atoms with Crippen LogP contribution in [0.5, 0.6) is 0 Å². The van der Waals surface area contributed by atoms with Crippen LogP contribution in [0.4, 0.5) is 24.7 Å². The zero-order valence-electron chi connectivity index (χ0n) is 18.0. The van der Waals surface area contributed by atoms with Gasteiger partial charge in [-0.2, -0.15) is 13.2 Å². The maximum Gasteiger partial charge on any atom is 0.389 e. The van der Waals surface area contributed by atoms with E-state index in [0.29, 0.717) is 19.5 Å². The first kappa shape index (κ1) is 23.3. The van der Waals surface area contributed by atoms with Crippen molar-refractivity contribution >= 4 is 28.8 Å². The molecular weight excluding hydrogens is 419 g/mol. The molecular formula is C23H26F3N5O. The molecule has 1 saturated heterocycles. The van der Waals surface area contributed by atoms with E-state index in [-0.39, 0.29) is 12.3 Å². The summed E-state index contributed by atoms with van der Waals surface area (Å²) in [6, 6.07) is 10.0. The van der Waals surface area contributed by atoms with Crippen molar-refractivity contribution in [1.82, 2.24) is 9.97 Å². The molecule has 0 bridgehead atoms. The van der Waals surface area contributed by atoms with Crippen LogP contribution in [0.15, 0.2) is 42.7 Å². The first-order valence-electron chi connectivity index (χ1n) is 10.3. The van der Waals surface area contributed by atoms with Crippen molar-refractivity contribution in [2.75, 3.05) is 30.4 Å². The SMILES string of the molecule is CNc1cc2ncc(-c3cc(N4CCC(CC(F)(F)F)C4)ccc3C)cc2cn1.NC=O. The van der Waals surface area contributed by atoms with E-state index in [1.807, 2.05) is 38.4 Å². The van der Waals surface area contributed by atoms with Gasteiger partial charge < -0.3 is 16.0 Å². The van der Waals surface area contributed by atoms with Crippen LogP contribution in [-0.2, 0) is 4.79 Å². The number of alkyl halides is 3. The highest BCUT2D eigenvalue weighted by atomic mass is 19.4. The molecule has 3 N–H and O–H groups in total. The second-order valence-corrected chi connectivity index (χ2v) is 7.79. The molecule has 9 heteroatoms. The first-order valence-corrected chi connectivity index (χ1v) is 10.3. The molecule has 1 amide bonds. The smallest absolute Gasteiger partial charge is 0.373 e. The predicted octanol–water partition coefficient (Wildman–Crippen LogP) is 4.53. The molecule has 170 valence electrons. The minimum atomic E-state index is -4.10. The number of nitrogens with one attached hydrogen (secondary N) is 1. The van der Waals surface area contributed by atoms with Gasteiger partial charge in [0.15, 0.2) is 0 Å². The van der Waals surface area contributed by atoms with Crippen LogP contribution in [0.25, 0.3) is 22.0 Å². The summed E-state index contributed by atoms with van der Waals surface area (Å²) in [6.45, 7) is 3.12. The maximum atomic E-state index is 12.7. The van der Waals surface area contributed by atoms with Crippen LogP contribution in [0.2, 0.25) is 0 Å². The molecule has 1 aliphatic rings. The number of benzene rings is 1. The molecule has 4 rings (SSSR count). The minimum Gasteiger partial charge on any atom is -0.373 e. The van der Waals surface area contributed by atoms with Crippen LogP contribution >= 0.6 is 0 Å². The zero-order chi connectivity index (χ0) is 23.3. The molecule has 0 radical (unpaired) electrons. The molecule has 1 unspecified atom stereocenters. The highest BCUT2D eigenvalue weighted by Crippen LogP contribution is 2.35. The number of nitrogens with zero attached hydrogens (tertiary/aromatic N) is 3. The van der Waals surface area contributed by atoms with E-state index in [0.717, 1.165) is 39.1 Å². The Hall–Kier alpha value is -3.36. The van der Waals surface area contributed by atoms with E-state index < -0.39 is 12.6 Å². The van der Waals surface area contributed by atoms with Crippen molar-refractivity contribution in [2.24, 2.45) is 11.7 Å². The summed E-state index contributed by atoms with van der Waals surface area (Å²) in [5.41, 5.74) is 9.09. The van der Waals surface area contributed by atoms with Gasteiger partial charge in [0.25, 0.3) is 0 Å². The summed E-state index contributed by atoms with van der Waals surface area (Å²) < 4.78 is 38.1. The van der Waals surface area contributed by atoms with E-state index in [2.05, 4.69) is 38.1 Å². The molecule has 3 aromatic rings. The normalized spacial score (nSPS) is 15.9. The molecule has 3 heterocycles. The zero-order valence-corrected chi connectivity index (χ0v) is 18.0.